The molecule has 0 spiro atoms. The SMILES string of the molecule is COc1cc2c(cc1OC)[C@@H](c1ccccc1)N(C(=O)COC(=O)CNC(=O)c1sc3ccccc3c1Cl)CC2. The summed E-state index contributed by atoms with van der Waals surface area (Å²) in [5.74, 6) is -0.353. The van der Waals surface area contributed by atoms with Gasteiger partial charge >= 0.3 is 5.97 Å². The molecule has 3 aromatic carbocycles. The van der Waals surface area contributed by atoms with Crippen molar-refractivity contribution in [2.75, 3.05) is 33.9 Å². The maximum absolute atomic E-state index is 13.4. The molecule has 5 rings (SSSR count). The highest BCUT2D eigenvalue weighted by molar-refractivity contribution is 7.21. The lowest BCUT2D eigenvalue weighted by molar-refractivity contribution is -0.152. The van der Waals surface area contributed by atoms with E-state index in [0.29, 0.717) is 34.4 Å². The van der Waals surface area contributed by atoms with E-state index in [-0.39, 0.29) is 5.91 Å². The highest BCUT2D eigenvalue weighted by Gasteiger charge is 2.33. The van der Waals surface area contributed by atoms with E-state index in [4.69, 9.17) is 25.8 Å². The molecule has 4 aromatic rings. The van der Waals surface area contributed by atoms with Gasteiger partial charge in [0.15, 0.2) is 18.1 Å². The van der Waals surface area contributed by atoms with Crippen LogP contribution in [-0.2, 0) is 20.7 Å². The minimum atomic E-state index is -0.723. The van der Waals surface area contributed by atoms with Crippen LogP contribution >= 0.6 is 22.9 Å². The number of methoxy groups -OCH3 is 2. The Hall–Kier alpha value is -4.08. The van der Waals surface area contributed by atoms with Crippen LogP contribution in [0.5, 0.6) is 11.5 Å². The van der Waals surface area contributed by atoms with E-state index in [0.717, 1.165) is 26.8 Å². The van der Waals surface area contributed by atoms with Crippen molar-refractivity contribution in [1.29, 1.82) is 0 Å². The van der Waals surface area contributed by atoms with Gasteiger partial charge in [0.05, 0.1) is 25.3 Å². The monoisotopic (exact) mass is 578 g/mol. The Morgan fingerprint density at radius 3 is 2.42 bits per heavy atom. The van der Waals surface area contributed by atoms with Crippen molar-refractivity contribution in [3.63, 3.8) is 0 Å². The van der Waals surface area contributed by atoms with Crippen LogP contribution in [0.4, 0.5) is 0 Å². The summed E-state index contributed by atoms with van der Waals surface area (Å²) in [7, 11) is 3.16. The van der Waals surface area contributed by atoms with Gasteiger partial charge in [-0.05, 0) is 41.3 Å². The second kappa shape index (κ2) is 12.0. The average molecular weight is 579 g/mol. The quantitative estimate of drug-likeness (QED) is 0.295. The number of rotatable bonds is 8. The van der Waals surface area contributed by atoms with Gasteiger partial charge in [-0.2, -0.15) is 0 Å². The smallest absolute Gasteiger partial charge is 0.325 e. The van der Waals surface area contributed by atoms with E-state index >= 15 is 0 Å². The van der Waals surface area contributed by atoms with Crippen molar-refractivity contribution < 1.29 is 28.6 Å². The fourth-order valence-electron chi connectivity index (χ4n) is 4.88. The minimum Gasteiger partial charge on any atom is -0.493 e. The van der Waals surface area contributed by atoms with Crippen LogP contribution in [0.3, 0.4) is 0 Å². The Labute approximate surface area is 240 Å². The zero-order chi connectivity index (χ0) is 28.2. The first-order chi connectivity index (χ1) is 19.4. The van der Waals surface area contributed by atoms with Gasteiger partial charge in [-0.1, -0.05) is 60.1 Å². The number of hydrogen-bond acceptors (Lipinski definition) is 7. The number of carbonyl (C=O) groups excluding carboxylic acids is 3. The molecule has 1 N–H and O–H groups in total. The Balaban J connectivity index is 1.26. The first-order valence-electron chi connectivity index (χ1n) is 12.6. The Kier molecular flexibility index (Phi) is 8.23. The van der Waals surface area contributed by atoms with Gasteiger partial charge in [-0.15, -0.1) is 11.3 Å². The molecule has 1 aliphatic rings. The van der Waals surface area contributed by atoms with E-state index in [2.05, 4.69) is 5.32 Å². The summed E-state index contributed by atoms with van der Waals surface area (Å²) in [5, 5.41) is 3.66. The Morgan fingerprint density at radius 1 is 1.00 bits per heavy atom. The van der Waals surface area contributed by atoms with Gasteiger partial charge in [-0.3, -0.25) is 14.4 Å². The Bertz CT molecular complexity index is 1570. The van der Waals surface area contributed by atoms with Crippen LogP contribution in [0.1, 0.15) is 32.4 Å². The number of nitrogens with one attached hydrogen (secondary N) is 1. The molecule has 8 nitrogen and oxygen atoms in total. The molecule has 40 heavy (non-hydrogen) atoms. The first-order valence-corrected chi connectivity index (χ1v) is 13.8. The van der Waals surface area contributed by atoms with Crippen LogP contribution in [0.2, 0.25) is 5.02 Å². The lowest BCUT2D eigenvalue weighted by Crippen LogP contribution is -2.43. The molecule has 0 aliphatic carbocycles. The largest absolute Gasteiger partial charge is 0.493 e. The number of thiophene rings is 1. The number of benzene rings is 3. The summed E-state index contributed by atoms with van der Waals surface area (Å²) in [6, 6.07) is 20.5. The summed E-state index contributed by atoms with van der Waals surface area (Å²) in [5.41, 5.74) is 2.89. The molecule has 1 aliphatic heterocycles. The Morgan fingerprint density at radius 2 is 1.70 bits per heavy atom. The summed E-state index contributed by atoms with van der Waals surface area (Å²) in [6.45, 7) is -0.414. The van der Waals surface area contributed by atoms with Gasteiger partial charge in [0.1, 0.15) is 11.4 Å². The van der Waals surface area contributed by atoms with Gasteiger partial charge in [-0.25, -0.2) is 0 Å². The van der Waals surface area contributed by atoms with Crippen LogP contribution in [0.15, 0.2) is 66.7 Å². The highest BCUT2D eigenvalue weighted by atomic mass is 35.5. The number of esters is 1. The van der Waals surface area contributed by atoms with Gasteiger partial charge < -0.3 is 24.4 Å². The molecule has 1 aromatic heterocycles. The summed E-state index contributed by atoms with van der Waals surface area (Å²) >= 11 is 7.60. The van der Waals surface area contributed by atoms with Crippen LogP contribution < -0.4 is 14.8 Å². The molecule has 206 valence electrons. The third-order valence-corrected chi connectivity index (χ3v) is 8.47. The predicted octanol–water partition coefficient (Wildman–Crippen LogP) is 5.02. The predicted molar refractivity (Wildman–Crippen MR) is 153 cm³/mol. The maximum atomic E-state index is 13.4. The van der Waals surface area contributed by atoms with Crippen molar-refractivity contribution in [3.05, 3.63) is 93.3 Å². The van der Waals surface area contributed by atoms with Crippen LogP contribution in [-0.4, -0.2) is 56.6 Å². The number of ether oxygens (including phenoxy) is 3. The first kappa shape index (κ1) is 27.5. The highest BCUT2D eigenvalue weighted by Crippen LogP contribution is 2.41. The van der Waals surface area contributed by atoms with E-state index in [1.54, 1.807) is 19.1 Å². The topological polar surface area (TPSA) is 94.2 Å². The molecule has 0 unspecified atom stereocenters. The van der Waals surface area contributed by atoms with Crippen LogP contribution in [0, 0.1) is 0 Å². The molecule has 0 saturated carbocycles. The maximum Gasteiger partial charge on any atom is 0.325 e. The number of hydrogen-bond donors (Lipinski definition) is 1. The van der Waals surface area contributed by atoms with Crippen LogP contribution in [0.25, 0.3) is 10.1 Å². The minimum absolute atomic E-state index is 0.316. The molecule has 2 amide bonds. The second-order valence-electron chi connectivity index (χ2n) is 9.14. The van der Waals surface area contributed by atoms with Crippen molar-refractivity contribution in [2.24, 2.45) is 0 Å². The normalized spacial score (nSPS) is 14.4. The lowest BCUT2D eigenvalue weighted by Gasteiger charge is -2.38. The van der Waals surface area contributed by atoms with Crippen molar-refractivity contribution in [2.45, 2.75) is 12.5 Å². The summed E-state index contributed by atoms with van der Waals surface area (Å²) in [6.07, 6.45) is 0.602. The van der Waals surface area contributed by atoms with E-state index in [1.807, 2.05) is 66.7 Å². The number of carbonyl (C=O) groups is 3. The van der Waals surface area contributed by atoms with Crippen molar-refractivity contribution in [3.8, 4) is 11.5 Å². The fraction of sp³-hybridized carbons (Fsp3) is 0.233. The average Bonchev–Trinajstić information content (AvgIpc) is 3.33. The second-order valence-corrected chi connectivity index (χ2v) is 10.6. The molecule has 1 atom stereocenters. The third kappa shape index (κ3) is 5.48. The van der Waals surface area contributed by atoms with Gasteiger partial charge in [0.2, 0.25) is 0 Å². The zero-order valence-electron chi connectivity index (χ0n) is 21.9. The molecule has 10 heteroatoms. The molecule has 0 fully saturated rings. The van der Waals surface area contributed by atoms with E-state index in [9.17, 15) is 14.4 Å². The van der Waals surface area contributed by atoms with Gasteiger partial charge in [0.25, 0.3) is 11.8 Å². The summed E-state index contributed by atoms with van der Waals surface area (Å²) in [4.78, 5) is 40.5. The molecule has 0 saturated heterocycles. The molecular formula is C30H27ClN2O6S. The van der Waals surface area contributed by atoms with E-state index in [1.165, 1.54) is 11.3 Å². The molecule has 0 radical (unpaired) electrons. The molecular weight excluding hydrogens is 552 g/mol. The number of amides is 2. The van der Waals surface area contributed by atoms with Gasteiger partial charge in [0, 0.05) is 16.6 Å². The summed E-state index contributed by atoms with van der Waals surface area (Å²) < 4.78 is 17.1. The lowest BCUT2D eigenvalue weighted by atomic mass is 9.87. The van der Waals surface area contributed by atoms with E-state index < -0.39 is 31.1 Å². The third-order valence-electron chi connectivity index (χ3n) is 6.80. The molecule has 2 heterocycles. The number of halogens is 1. The standard InChI is InChI=1S/C30H27ClN2O6S/c1-37-22-14-19-12-13-33(28(18-8-4-3-5-9-18)21(19)15-23(22)38-2)25(34)17-39-26(35)16-32-30(36)29-27(31)20-10-6-7-11-24(20)40-29/h3-11,14-15,28H,12-13,16-17H2,1-2H3,(H,32,36)/t28-/m1/s1. The number of fused-ring (bicyclic) bond motifs is 2. The number of nitrogens with zero attached hydrogens (tertiary/aromatic N) is 1. The zero-order valence-corrected chi connectivity index (χ0v) is 23.5. The van der Waals surface area contributed by atoms with Crippen molar-refractivity contribution >= 4 is 50.8 Å². The van der Waals surface area contributed by atoms with Crippen molar-refractivity contribution in [1.82, 2.24) is 10.2 Å². The molecule has 0 bridgehead atoms. The fourth-order valence-corrected chi connectivity index (χ4v) is 6.31.